The van der Waals surface area contributed by atoms with Crippen LogP contribution in [0.2, 0.25) is 20.1 Å². The molecule has 0 unspecified atom stereocenters. The van der Waals surface area contributed by atoms with Crippen LogP contribution in [-0.4, -0.2) is 39.8 Å². The number of carboxylic acid groups (broad SMARTS) is 2. The predicted octanol–water partition coefficient (Wildman–Crippen LogP) is 13.7. The van der Waals surface area contributed by atoms with Gasteiger partial charge < -0.3 is 20.0 Å². The number of aromatic nitrogens is 2. The molecule has 0 saturated carbocycles. The number of imidazole rings is 1. The zero-order chi connectivity index (χ0) is 41.2. The maximum Gasteiger partial charge on any atom is 0.303 e. The Kier molecular flexibility index (Phi) is 20.4. The van der Waals surface area contributed by atoms with Crippen molar-refractivity contribution in [3.05, 3.63) is 68.2 Å². The van der Waals surface area contributed by atoms with Gasteiger partial charge >= 0.3 is 11.9 Å². The number of halogens is 4. The molecule has 0 fully saturated rings. The van der Waals surface area contributed by atoms with Crippen molar-refractivity contribution in [3.63, 3.8) is 0 Å². The Bertz CT molecular complexity index is 1820. The summed E-state index contributed by atoms with van der Waals surface area (Å²) in [5.74, 6) is 0.202. The van der Waals surface area contributed by atoms with Crippen molar-refractivity contribution >= 4 is 86.8 Å². The fourth-order valence-electron chi connectivity index (χ4n) is 7.81. The van der Waals surface area contributed by atoms with Gasteiger partial charge in [-0.15, -0.1) is 0 Å². The fraction of sp³-hybridized carbons (Fsp3) is 0.578. The minimum atomic E-state index is -0.832. The van der Waals surface area contributed by atoms with Gasteiger partial charge in [-0.2, -0.15) is 0 Å². The van der Waals surface area contributed by atoms with Gasteiger partial charge in [0, 0.05) is 44.1 Å². The third-order valence-corrected chi connectivity index (χ3v) is 12.3. The first-order chi connectivity index (χ1) is 27.6. The van der Waals surface area contributed by atoms with E-state index in [9.17, 15) is 19.8 Å². The SMILES string of the molecule is CCCCCCCCCCN1C(=CC=Cc2n(CCCCCCCCCC)c3cc(Cl)c(Cl)cc3[n+]2CCCC(=O)O)N(CCCC(=O)O)c2cc(Cl)c(Cl)cc21. The standard InChI is InChI=1S/C45H62Cl4N4O4/c1-3-5-7-9-11-13-15-17-26-50-38-30-34(46)36(48)32-40(38)52(28-20-24-44(54)55)42(50)22-19-23-43-51(27-18-16-14-12-10-8-6-4-2)39-31-35(47)37(49)33-41(39)53(43)29-21-25-45(56)57/h19,22-23,30-33H,3-18,20-21,24-29H2,1-2H3,(H-,54,55,56,57)/p+1. The summed E-state index contributed by atoms with van der Waals surface area (Å²) in [5, 5.41) is 20.9. The van der Waals surface area contributed by atoms with E-state index in [-0.39, 0.29) is 12.8 Å². The summed E-state index contributed by atoms with van der Waals surface area (Å²) in [6.45, 7) is 7.02. The number of unbranched alkanes of at least 4 members (excludes halogenated alkanes) is 14. The van der Waals surface area contributed by atoms with Crippen LogP contribution in [0.4, 0.5) is 11.4 Å². The van der Waals surface area contributed by atoms with E-state index < -0.39 is 11.9 Å². The third kappa shape index (κ3) is 14.1. The van der Waals surface area contributed by atoms with Gasteiger partial charge in [-0.1, -0.05) is 150 Å². The van der Waals surface area contributed by atoms with E-state index in [1.165, 1.54) is 77.0 Å². The Morgan fingerprint density at radius 1 is 0.596 bits per heavy atom. The molecule has 0 radical (unpaired) electrons. The molecular formula is C45H63Cl4N4O4+. The number of aryl methyl sites for hydroxylation is 2. The molecule has 1 aliphatic rings. The maximum atomic E-state index is 11.6. The van der Waals surface area contributed by atoms with Crippen LogP contribution >= 0.6 is 46.4 Å². The van der Waals surface area contributed by atoms with Gasteiger partial charge in [0.25, 0.3) is 5.82 Å². The lowest BCUT2D eigenvalue weighted by Gasteiger charge is -2.25. The summed E-state index contributed by atoms with van der Waals surface area (Å²) in [4.78, 5) is 27.6. The zero-order valence-corrected chi connectivity index (χ0v) is 37.0. The number of hydrogen-bond donors (Lipinski definition) is 2. The van der Waals surface area contributed by atoms with E-state index in [2.05, 4.69) is 44.9 Å². The second kappa shape index (κ2) is 24.9. The largest absolute Gasteiger partial charge is 0.481 e. The minimum Gasteiger partial charge on any atom is -0.481 e. The molecule has 314 valence electrons. The Morgan fingerprint density at radius 3 is 1.60 bits per heavy atom. The molecule has 0 saturated heterocycles. The summed E-state index contributed by atoms with van der Waals surface area (Å²) in [5.41, 5.74) is 3.73. The summed E-state index contributed by atoms with van der Waals surface area (Å²) >= 11 is 26.5. The second-order valence-electron chi connectivity index (χ2n) is 15.3. The van der Waals surface area contributed by atoms with Gasteiger partial charge in [0.05, 0.1) is 44.6 Å². The highest BCUT2D eigenvalue weighted by Crippen LogP contribution is 2.46. The van der Waals surface area contributed by atoms with E-state index in [4.69, 9.17) is 46.4 Å². The van der Waals surface area contributed by atoms with E-state index in [1.54, 1.807) is 0 Å². The number of nitrogens with zero attached hydrogens (tertiary/aromatic N) is 4. The van der Waals surface area contributed by atoms with Crippen LogP contribution in [0.5, 0.6) is 0 Å². The first-order valence-electron chi connectivity index (χ1n) is 21.3. The molecule has 1 aromatic heterocycles. The highest BCUT2D eigenvalue weighted by Gasteiger charge is 2.32. The van der Waals surface area contributed by atoms with Gasteiger partial charge in [-0.25, -0.2) is 9.13 Å². The second-order valence-corrected chi connectivity index (χ2v) is 16.9. The molecule has 0 amide bonds. The van der Waals surface area contributed by atoms with Crippen molar-refractivity contribution in [2.75, 3.05) is 22.9 Å². The number of benzene rings is 2. The lowest BCUT2D eigenvalue weighted by molar-refractivity contribution is -0.674. The predicted molar refractivity (Wildman–Crippen MR) is 239 cm³/mol. The van der Waals surface area contributed by atoms with Crippen molar-refractivity contribution in [2.24, 2.45) is 0 Å². The fourth-order valence-corrected chi connectivity index (χ4v) is 8.44. The summed E-state index contributed by atoms with van der Waals surface area (Å²) < 4.78 is 4.45. The average Bonchev–Trinajstić information content (AvgIpc) is 3.59. The summed E-state index contributed by atoms with van der Waals surface area (Å²) in [7, 11) is 0. The van der Waals surface area contributed by atoms with E-state index >= 15 is 0 Å². The number of rotatable bonds is 28. The lowest BCUT2D eigenvalue weighted by Crippen LogP contribution is -2.37. The van der Waals surface area contributed by atoms with Crippen molar-refractivity contribution in [1.29, 1.82) is 0 Å². The summed E-state index contributed by atoms with van der Waals surface area (Å²) in [6, 6.07) is 7.61. The van der Waals surface area contributed by atoms with E-state index in [0.717, 1.165) is 72.8 Å². The van der Waals surface area contributed by atoms with Gasteiger partial charge in [-0.05, 0) is 50.3 Å². The zero-order valence-electron chi connectivity index (χ0n) is 34.0. The topological polar surface area (TPSA) is 89.9 Å². The Balaban J connectivity index is 1.72. The molecule has 1 aliphatic heterocycles. The smallest absolute Gasteiger partial charge is 0.303 e. The molecule has 2 heterocycles. The molecule has 0 bridgehead atoms. The number of carbonyl (C=O) groups is 2. The van der Waals surface area contributed by atoms with Crippen LogP contribution in [0.1, 0.15) is 148 Å². The van der Waals surface area contributed by atoms with Crippen molar-refractivity contribution < 1.29 is 24.4 Å². The van der Waals surface area contributed by atoms with Crippen LogP contribution in [0, 0.1) is 0 Å². The van der Waals surface area contributed by atoms with Crippen molar-refractivity contribution in [2.45, 2.75) is 155 Å². The molecule has 2 aromatic carbocycles. The number of aliphatic carboxylic acids is 2. The monoisotopic (exact) mass is 863 g/mol. The van der Waals surface area contributed by atoms with Crippen LogP contribution < -0.4 is 14.4 Å². The normalized spacial score (nSPS) is 13.5. The van der Waals surface area contributed by atoms with E-state index in [0.29, 0.717) is 46.0 Å². The average molecular weight is 866 g/mol. The molecule has 3 aromatic rings. The van der Waals surface area contributed by atoms with Crippen LogP contribution in [0.15, 0.2) is 42.2 Å². The molecule has 0 atom stereocenters. The quantitative estimate of drug-likeness (QED) is 0.0558. The number of anilines is 2. The molecule has 2 N–H and O–H groups in total. The number of allylic oxidation sites excluding steroid dienone is 2. The molecule has 0 aliphatic carbocycles. The maximum absolute atomic E-state index is 11.6. The summed E-state index contributed by atoms with van der Waals surface area (Å²) in [6.07, 6.45) is 26.5. The highest BCUT2D eigenvalue weighted by atomic mass is 35.5. The molecule has 57 heavy (non-hydrogen) atoms. The lowest BCUT2D eigenvalue weighted by atomic mass is 10.1. The Hall–Kier alpha value is -2.91. The highest BCUT2D eigenvalue weighted by molar-refractivity contribution is 6.43. The molecule has 12 heteroatoms. The molecular weight excluding hydrogens is 802 g/mol. The van der Waals surface area contributed by atoms with Crippen molar-refractivity contribution in [1.82, 2.24) is 4.57 Å². The van der Waals surface area contributed by atoms with Crippen molar-refractivity contribution in [3.8, 4) is 0 Å². The third-order valence-electron chi connectivity index (χ3n) is 10.8. The van der Waals surface area contributed by atoms with Gasteiger partial charge in [0.15, 0.2) is 11.0 Å². The number of carboxylic acids is 2. The van der Waals surface area contributed by atoms with Gasteiger partial charge in [-0.3, -0.25) is 9.59 Å². The Morgan fingerprint density at radius 2 is 1.05 bits per heavy atom. The Labute approximate surface area is 360 Å². The van der Waals surface area contributed by atoms with Crippen LogP contribution in [0.3, 0.4) is 0 Å². The molecule has 8 nitrogen and oxygen atoms in total. The van der Waals surface area contributed by atoms with Crippen LogP contribution in [-0.2, 0) is 22.7 Å². The van der Waals surface area contributed by atoms with E-state index in [1.807, 2.05) is 30.3 Å². The number of fused-ring (bicyclic) bond motifs is 2. The van der Waals surface area contributed by atoms with Gasteiger partial charge in [0.2, 0.25) is 0 Å². The van der Waals surface area contributed by atoms with Gasteiger partial charge in [0.1, 0.15) is 5.82 Å². The first-order valence-corrected chi connectivity index (χ1v) is 22.9. The molecule has 4 rings (SSSR count). The first kappa shape index (κ1) is 46.8. The minimum absolute atomic E-state index is 0.0502. The number of hydrogen-bond acceptors (Lipinski definition) is 4. The molecule has 0 spiro atoms. The van der Waals surface area contributed by atoms with Crippen LogP contribution in [0.25, 0.3) is 17.1 Å².